The van der Waals surface area contributed by atoms with E-state index in [-0.39, 0.29) is 6.42 Å². The van der Waals surface area contributed by atoms with E-state index in [0.29, 0.717) is 6.42 Å². The fraction of sp³-hybridized carbons (Fsp3) is 0.714. The van der Waals surface area contributed by atoms with Gasteiger partial charge in [0.2, 0.25) is 0 Å². The lowest BCUT2D eigenvalue weighted by molar-refractivity contribution is -0.160. The lowest BCUT2D eigenvalue weighted by Crippen LogP contribution is -2.32. The number of carbonyl (C=O) groups excluding carboxylic acids is 2. The summed E-state index contributed by atoms with van der Waals surface area (Å²) in [6.45, 7) is 3.37. The van der Waals surface area contributed by atoms with Gasteiger partial charge in [-0.1, -0.05) is 13.8 Å². The van der Waals surface area contributed by atoms with Crippen molar-refractivity contribution in [1.29, 1.82) is 0 Å². The zero-order valence-electron chi connectivity index (χ0n) is 6.79. The van der Waals surface area contributed by atoms with Crippen LogP contribution in [0.2, 0.25) is 0 Å². The van der Waals surface area contributed by atoms with Crippen molar-refractivity contribution in [3.05, 3.63) is 0 Å². The van der Waals surface area contributed by atoms with Crippen LogP contribution in [0.4, 0.5) is 0 Å². The van der Waals surface area contributed by atoms with Crippen molar-refractivity contribution in [2.24, 2.45) is 5.73 Å². The molecule has 0 bridgehead atoms. The van der Waals surface area contributed by atoms with Crippen LogP contribution in [0, 0.1) is 0 Å². The van der Waals surface area contributed by atoms with Crippen LogP contribution in [0.15, 0.2) is 0 Å². The second-order valence-corrected chi connectivity index (χ2v) is 2.16. The lowest BCUT2D eigenvalue weighted by atomic mass is 10.2. The third-order valence-electron chi connectivity index (χ3n) is 1.25. The van der Waals surface area contributed by atoms with Gasteiger partial charge in [0.05, 0.1) is 0 Å². The molecule has 2 N–H and O–H groups in total. The molecule has 0 rings (SSSR count). The van der Waals surface area contributed by atoms with Gasteiger partial charge in [0, 0.05) is 6.42 Å². The van der Waals surface area contributed by atoms with Gasteiger partial charge in [0.25, 0.3) is 0 Å². The van der Waals surface area contributed by atoms with Crippen LogP contribution in [0.5, 0.6) is 0 Å². The highest BCUT2D eigenvalue weighted by molar-refractivity contribution is 5.88. The molecule has 0 aliphatic rings. The number of esters is 2. The molecule has 0 heterocycles. The van der Waals surface area contributed by atoms with Crippen molar-refractivity contribution in [2.75, 3.05) is 0 Å². The quantitative estimate of drug-likeness (QED) is 0.472. The molecule has 0 spiro atoms. The average Bonchev–Trinajstić information content (AvgIpc) is 2.02. The zero-order chi connectivity index (χ0) is 8.85. The normalized spacial score (nSPS) is 12.3. The maximum absolute atomic E-state index is 10.8. The number of rotatable bonds is 3. The highest BCUT2D eigenvalue weighted by atomic mass is 16.6. The standard InChI is InChI=1S/C7H13NO3/c1-3-5(8)7(10)11-6(9)4-2/h5H,3-4,8H2,1-2H3/t5-/m0/s1. The summed E-state index contributed by atoms with van der Waals surface area (Å²) in [5, 5.41) is 0. The smallest absolute Gasteiger partial charge is 0.330 e. The molecule has 0 radical (unpaired) electrons. The fourth-order valence-corrected chi connectivity index (χ4v) is 0.427. The van der Waals surface area contributed by atoms with Gasteiger partial charge in [-0.15, -0.1) is 0 Å². The molecule has 0 aliphatic carbocycles. The van der Waals surface area contributed by atoms with Crippen molar-refractivity contribution in [2.45, 2.75) is 32.7 Å². The third kappa shape index (κ3) is 3.72. The third-order valence-corrected chi connectivity index (χ3v) is 1.25. The van der Waals surface area contributed by atoms with Crippen molar-refractivity contribution in [3.8, 4) is 0 Å². The van der Waals surface area contributed by atoms with Gasteiger partial charge in [-0.25, -0.2) is 4.79 Å². The van der Waals surface area contributed by atoms with Gasteiger partial charge >= 0.3 is 11.9 Å². The first kappa shape index (κ1) is 10.1. The molecule has 0 aromatic heterocycles. The molecule has 64 valence electrons. The first-order chi connectivity index (χ1) is 5.11. The maximum Gasteiger partial charge on any atom is 0.330 e. The first-order valence-electron chi connectivity index (χ1n) is 3.61. The molecular formula is C7H13NO3. The van der Waals surface area contributed by atoms with Crippen LogP contribution < -0.4 is 5.73 Å². The van der Waals surface area contributed by atoms with Crippen LogP contribution >= 0.6 is 0 Å². The minimum atomic E-state index is -0.675. The molecule has 0 unspecified atom stereocenters. The largest absolute Gasteiger partial charge is 0.392 e. The molecule has 0 amide bonds. The molecule has 0 aliphatic heterocycles. The average molecular weight is 159 g/mol. The van der Waals surface area contributed by atoms with E-state index in [9.17, 15) is 9.59 Å². The number of hydrogen-bond donors (Lipinski definition) is 1. The summed E-state index contributed by atoms with van der Waals surface area (Å²) in [5.74, 6) is -1.17. The summed E-state index contributed by atoms with van der Waals surface area (Å²) >= 11 is 0. The van der Waals surface area contributed by atoms with Gasteiger partial charge in [0.15, 0.2) is 0 Å². The Morgan fingerprint density at radius 3 is 2.36 bits per heavy atom. The van der Waals surface area contributed by atoms with Crippen LogP contribution in [0.25, 0.3) is 0 Å². The number of nitrogens with two attached hydrogens (primary N) is 1. The number of hydrogen-bond acceptors (Lipinski definition) is 4. The summed E-state index contributed by atoms with van der Waals surface area (Å²) in [5.41, 5.74) is 5.29. The summed E-state index contributed by atoms with van der Waals surface area (Å²) in [6.07, 6.45) is 0.679. The second kappa shape index (κ2) is 4.85. The second-order valence-electron chi connectivity index (χ2n) is 2.16. The molecule has 0 fully saturated rings. The van der Waals surface area contributed by atoms with Gasteiger partial charge < -0.3 is 10.5 Å². The molecule has 11 heavy (non-hydrogen) atoms. The molecule has 0 aromatic rings. The summed E-state index contributed by atoms with van der Waals surface area (Å²) in [6, 6.07) is -0.675. The summed E-state index contributed by atoms with van der Waals surface area (Å²) in [4.78, 5) is 21.3. The Kier molecular flexibility index (Phi) is 4.45. The van der Waals surface area contributed by atoms with E-state index in [4.69, 9.17) is 5.73 Å². The molecule has 4 nitrogen and oxygen atoms in total. The van der Waals surface area contributed by atoms with Crippen molar-refractivity contribution >= 4 is 11.9 Å². The van der Waals surface area contributed by atoms with E-state index >= 15 is 0 Å². The molecule has 1 atom stereocenters. The summed E-state index contributed by atoms with van der Waals surface area (Å²) < 4.78 is 4.35. The Morgan fingerprint density at radius 1 is 1.45 bits per heavy atom. The Balaban J connectivity index is 3.77. The van der Waals surface area contributed by atoms with Crippen LogP contribution in [-0.4, -0.2) is 18.0 Å². The predicted molar refractivity (Wildman–Crippen MR) is 39.7 cm³/mol. The minimum Gasteiger partial charge on any atom is -0.392 e. The van der Waals surface area contributed by atoms with E-state index in [0.717, 1.165) is 0 Å². The zero-order valence-corrected chi connectivity index (χ0v) is 6.79. The molecule has 0 saturated heterocycles. The lowest BCUT2D eigenvalue weighted by Gasteiger charge is -2.05. The highest BCUT2D eigenvalue weighted by Crippen LogP contribution is 1.92. The molecule has 0 aromatic carbocycles. The van der Waals surface area contributed by atoms with Crippen molar-refractivity contribution < 1.29 is 14.3 Å². The SMILES string of the molecule is CCC(=O)OC(=O)[C@@H](N)CC. The van der Waals surface area contributed by atoms with Gasteiger partial charge in [-0.3, -0.25) is 4.79 Å². The van der Waals surface area contributed by atoms with Gasteiger partial charge in [0.1, 0.15) is 6.04 Å². The van der Waals surface area contributed by atoms with E-state index in [2.05, 4.69) is 4.74 Å². The maximum atomic E-state index is 10.8. The van der Waals surface area contributed by atoms with Crippen LogP contribution in [0.3, 0.4) is 0 Å². The van der Waals surface area contributed by atoms with Gasteiger partial charge in [-0.05, 0) is 6.42 Å². The summed E-state index contributed by atoms with van der Waals surface area (Å²) in [7, 11) is 0. The van der Waals surface area contributed by atoms with Gasteiger partial charge in [-0.2, -0.15) is 0 Å². The minimum absolute atomic E-state index is 0.197. The van der Waals surface area contributed by atoms with E-state index in [1.807, 2.05) is 0 Å². The Bertz CT molecular complexity index is 156. The molecule has 4 heteroatoms. The van der Waals surface area contributed by atoms with Crippen molar-refractivity contribution in [3.63, 3.8) is 0 Å². The Labute approximate surface area is 65.7 Å². The highest BCUT2D eigenvalue weighted by Gasteiger charge is 2.15. The fourth-order valence-electron chi connectivity index (χ4n) is 0.427. The predicted octanol–water partition coefficient (Wildman–Crippen LogP) is 0.203. The number of carbonyl (C=O) groups is 2. The molecular weight excluding hydrogens is 146 g/mol. The first-order valence-corrected chi connectivity index (χ1v) is 3.61. The van der Waals surface area contributed by atoms with Crippen molar-refractivity contribution in [1.82, 2.24) is 0 Å². The Hall–Kier alpha value is -0.900. The van der Waals surface area contributed by atoms with E-state index in [1.54, 1.807) is 13.8 Å². The monoisotopic (exact) mass is 159 g/mol. The van der Waals surface area contributed by atoms with E-state index < -0.39 is 18.0 Å². The topological polar surface area (TPSA) is 69.4 Å². The molecule has 0 saturated carbocycles. The number of ether oxygens (including phenoxy) is 1. The van der Waals surface area contributed by atoms with E-state index in [1.165, 1.54) is 0 Å². The van der Waals surface area contributed by atoms with Crippen LogP contribution in [-0.2, 0) is 14.3 Å². The Morgan fingerprint density at radius 2 is 2.00 bits per heavy atom. The van der Waals surface area contributed by atoms with Crippen LogP contribution in [0.1, 0.15) is 26.7 Å².